The van der Waals surface area contributed by atoms with Gasteiger partial charge in [-0.25, -0.2) is 4.79 Å². The van der Waals surface area contributed by atoms with Gasteiger partial charge in [0.15, 0.2) is 0 Å². The van der Waals surface area contributed by atoms with E-state index in [1.165, 1.54) is 109 Å². The lowest BCUT2D eigenvalue weighted by molar-refractivity contribution is -0.903. The molecule has 1 rings (SSSR count). The molecule has 4 heteroatoms. The molecule has 31 heavy (non-hydrogen) atoms. The number of esters is 1. The first-order chi connectivity index (χ1) is 14.5. The van der Waals surface area contributed by atoms with E-state index in [-0.39, 0.29) is 23.0 Å². The van der Waals surface area contributed by atoms with Crippen LogP contribution in [-0.4, -0.2) is 38.2 Å². The molecule has 0 fully saturated rings. The number of benzene rings is 1. The number of hydrogen-bond acceptors (Lipinski definition) is 2. The number of carbonyl (C=O) groups excluding carboxylic acids is 1. The molecule has 0 aromatic heterocycles. The van der Waals surface area contributed by atoms with Gasteiger partial charge >= 0.3 is 5.97 Å². The lowest BCUT2D eigenvalue weighted by Crippen LogP contribution is -3.00. The monoisotopic (exact) mass is 497 g/mol. The SMILES string of the molecule is CCCCCCCCCCCCCCCC[N+](C)(C)Cc1cccc(C(=O)OC)c1.[Br-]. The zero-order chi connectivity index (χ0) is 22.1. The van der Waals surface area contributed by atoms with E-state index >= 15 is 0 Å². The van der Waals surface area contributed by atoms with E-state index in [1.807, 2.05) is 18.2 Å². The van der Waals surface area contributed by atoms with Crippen molar-refractivity contribution in [1.29, 1.82) is 0 Å². The third-order valence-corrected chi connectivity index (χ3v) is 6.08. The van der Waals surface area contributed by atoms with Crippen LogP contribution in [0.4, 0.5) is 0 Å². The highest BCUT2D eigenvalue weighted by Crippen LogP contribution is 2.16. The van der Waals surface area contributed by atoms with Crippen LogP contribution >= 0.6 is 0 Å². The third-order valence-electron chi connectivity index (χ3n) is 6.08. The van der Waals surface area contributed by atoms with Crippen molar-refractivity contribution in [2.45, 2.75) is 103 Å². The highest BCUT2D eigenvalue weighted by atomic mass is 79.9. The first-order valence-corrected chi connectivity index (χ1v) is 12.5. The zero-order valence-corrected chi connectivity index (χ0v) is 22.4. The van der Waals surface area contributed by atoms with Gasteiger partial charge in [-0.05, 0) is 25.0 Å². The summed E-state index contributed by atoms with van der Waals surface area (Å²) in [6.45, 7) is 4.41. The normalized spacial score (nSPS) is 11.2. The maximum absolute atomic E-state index is 11.7. The Bertz CT molecular complexity index is 574. The van der Waals surface area contributed by atoms with E-state index in [0.717, 1.165) is 11.0 Å². The number of quaternary nitrogens is 1. The molecule has 0 aliphatic heterocycles. The first kappa shape index (κ1) is 30.1. The van der Waals surface area contributed by atoms with Gasteiger partial charge in [0, 0.05) is 5.56 Å². The predicted molar refractivity (Wildman–Crippen MR) is 129 cm³/mol. The molecular formula is C27H48BrNO2. The molecule has 180 valence electrons. The van der Waals surface area contributed by atoms with Crippen LogP contribution in [0.1, 0.15) is 113 Å². The second-order valence-electron chi connectivity index (χ2n) is 9.61. The Kier molecular flexibility index (Phi) is 18.2. The molecule has 1 aromatic rings. The maximum atomic E-state index is 11.7. The van der Waals surface area contributed by atoms with Crippen molar-refractivity contribution in [2.24, 2.45) is 0 Å². The molecule has 0 aliphatic rings. The molecule has 0 bridgehead atoms. The summed E-state index contributed by atoms with van der Waals surface area (Å²) in [4.78, 5) is 11.7. The number of ether oxygens (including phenoxy) is 1. The van der Waals surface area contributed by atoms with Crippen LogP contribution in [0.15, 0.2) is 24.3 Å². The molecule has 0 atom stereocenters. The molecule has 0 amide bonds. The summed E-state index contributed by atoms with van der Waals surface area (Å²) in [6, 6.07) is 7.85. The van der Waals surface area contributed by atoms with Gasteiger partial charge in [-0.15, -0.1) is 0 Å². The van der Waals surface area contributed by atoms with E-state index in [4.69, 9.17) is 4.74 Å². The van der Waals surface area contributed by atoms with E-state index in [0.29, 0.717) is 5.56 Å². The van der Waals surface area contributed by atoms with Gasteiger partial charge in [-0.2, -0.15) is 0 Å². The largest absolute Gasteiger partial charge is 1.00 e. The predicted octanol–water partition coefficient (Wildman–Crippen LogP) is 4.53. The molecule has 0 saturated heterocycles. The van der Waals surface area contributed by atoms with Crippen LogP contribution in [-0.2, 0) is 11.3 Å². The van der Waals surface area contributed by atoms with Crippen molar-refractivity contribution >= 4 is 5.97 Å². The van der Waals surface area contributed by atoms with Crippen LogP contribution < -0.4 is 17.0 Å². The third kappa shape index (κ3) is 15.6. The summed E-state index contributed by atoms with van der Waals surface area (Å²) in [5.41, 5.74) is 1.85. The Morgan fingerprint density at radius 2 is 1.29 bits per heavy atom. The fraction of sp³-hybridized carbons (Fsp3) is 0.741. The maximum Gasteiger partial charge on any atom is 0.337 e. The zero-order valence-electron chi connectivity index (χ0n) is 20.8. The Hall–Kier alpha value is -0.870. The average molecular weight is 499 g/mol. The van der Waals surface area contributed by atoms with Crippen molar-refractivity contribution in [1.82, 2.24) is 0 Å². The molecule has 0 saturated carbocycles. The van der Waals surface area contributed by atoms with E-state index in [2.05, 4.69) is 27.1 Å². The quantitative estimate of drug-likeness (QED) is 0.169. The molecule has 0 N–H and O–H groups in total. The van der Waals surface area contributed by atoms with Gasteiger partial charge in [-0.3, -0.25) is 0 Å². The van der Waals surface area contributed by atoms with E-state index in [1.54, 1.807) is 0 Å². The highest BCUT2D eigenvalue weighted by molar-refractivity contribution is 5.89. The summed E-state index contributed by atoms with van der Waals surface area (Å²) in [6.07, 6.45) is 19.6. The Morgan fingerprint density at radius 1 is 0.806 bits per heavy atom. The van der Waals surface area contributed by atoms with E-state index < -0.39 is 0 Å². The van der Waals surface area contributed by atoms with Gasteiger partial charge in [0.1, 0.15) is 6.54 Å². The van der Waals surface area contributed by atoms with Gasteiger partial charge < -0.3 is 26.2 Å². The molecule has 0 unspecified atom stereocenters. The lowest BCUT2D eigenvalue weighted by atomic mass is 10.0. The molecule has 0 spiro atoms. The molecule has 1 aromatic carbocycles. The minimum absolute atomic E-state index is 0. The van der Waals surface area contributed by atoms with Gasteiger partial charge in [0.05, 0.1) is 33.3 Å². The number of hydrogen-bond donors (Lipinski definition) is 0. The Balaban J connectivity index is 0.00000900. The Labute approximate surface area is 203 Å². The second-order valence-corrected chi connectivity index (χ2v) is 9.61. The van der Waals surface area contributed by atoms with Crippen LogP contribution in [0.2, 0.25) is 0 Å². The summed E-state index contributed by atoms with van der Waals surface area (Å²) >= 11 is 0. The van der Waals surface area contributed by atoms with Gasteiger partial charge in [-0.1, -0.05) is 96.1 Å². The molecule has 0 heterocycles. The molecule has 0 aliphatic carbocycles. The molecule has 3 nitrogen and oxygen atoms in total. The number of halogens is 1. The van der Waals surface area contributed by atoms with Crippen LogP contribution in [0.3, 0.4) is 0 Å². The topological polar surface area (TPSA) is 26.3 Å². The minimum Gasteiger partial charge on any atom is -1.00 e. The summed E-state index contributed by atoms with van der Waals surface area (Å²) in [5.74, 6) is -0.255. The average Bonchev–Trinajstić information content (AvgIpc) is 2.73. The molecule has 0 radical (unpaired) electrons. The van der Waals surface area contributed by atoms with Crippen molar-refractivity contribution in [3.05, 3.63) is 35.4 Å². The number of nitrogens with zero attached hydrogens (tertiary/aromatic N) is 1. The first-order valence-electron chi connectivity index (χ1n) is 12.5. The van der Waals surface area contributed by atoms with Crippen LogP contribution in [0, 0.1) is 0 Å². The van der Waals surface area contributed by atoms with Crippen molar-refractivity contribution in [2.75, 3.05) is 27.7 Å². The second kappa shape index (κ2) is 18.7. The number of carbonyl (C=O) groups is 1. The standard InChI is InChI=1S/C27H48NO2.BrH/c1-5-6-7-8-9-10-11-12-13-14-15-16-17-18-22-28(2,3)24-25-20-19-21-26(23-25)27(29)30-4;/h19-21,23H,5-18,22,24H2,1-4H3;1H/q+1;/p-1. The Morgan fingerprint density at radius 3 is 1.77 bits per heavy atom. The van der Waals surface area contributed by atoms with Gasteiger partial charge in [0.25, 0.3) is 0 Å². The van der Waals surface area contributed by atoms with Gasteiger partial charge in [0.2, 0.25) is 0 Å². The number of rotatable bonds is 18. The fourth-order valence-electron chi connectivity index (χ4n) is 4.22. The smallest absolute Gasteiger partial charge is 0.337 e. The van der Waals surface area contributed by atoms with Crippen molar-refractivity contribution in [3.63, 3.8) is 0 Å². The highest BCUT2D eigenvalue weighted by Gasteiger charge is 2.16. The van der Waals surface area contributed by atoms with Crippen molar-refractivity contribution in [3.8, 4) is 0 Å². The van der Waals surface area contributed by atoms with Crippen LogP contribution in [0.25, 0.3) is 0 Å². The number of methoxy groups -OCH3 is 1. The lowest BCUT2D eigenvalue weighted by Gasteiger charge is -2.30. The van der Waals surface area contributed by atoms with Crippen molar-refractivity contribution < 1.29 is 31.0 Å². The summed E-state index contributed by atoms with van der Waals surface area (Å²) in [5, 5.41) is 0. The summed E-state index contributed by atoms with van der Waals surface area (Å²) < 4.78 is 5.80. The summed E-state index contributed by atoms with van der Waals surface area (Å²) in [7, 11) is 6.00. The fourth-order valence-corrected chi connectivity index (χ4v) is 4.22. The minimum atomic E-state index is -0.255. The van der Waals surface area contributed by atoms with Crippen LogP contribution in [0.5, 0.6) is 0 Å². The molecular weight excluding hydrogens is 450 g/mol. The van der Waals surface area contributed by atoms with E-state index in [9.17, 15) is 4.79 Å². The number of unbranched alkanes of at least 4 members (excludes halogenated alkanes) is 13.